The molecule has 0 saturated carbocycles. The summed E-state index contributed by atoms with van der Waals surface area (Å²) >= 11 is 7.20. The van der Waals surface area contributed by atoms with E-state index in [1.54, 1.807) is 50.4 Å². The number of ether oxygens (including phenoxy) is 1. The summed E-state index contributed by atoms with van der Waals surface area (Å²) in [5.41, 5.74) is 0.822. The molecule has 0 aliphatic rings. The lowest BCUT2D eigenvalue weighted by Gasteiger charge is -2.27. The third-order valence-electron chi connectivity index (χ3n) is 3.78. The van der Waals surface area contributed by atoms with E-state index in [4.69, 9.17) is 30.2 Å². The number of nitrogens with zero attached hydrogens (tertiary/aromatic N) is 2. The van der Waals surface area contributed by atoms with Crippen LogP contribution in [0.15, 0.2) is 34.8 Å². The summed E-state index contributed by atoms with van der Waals surface area (Å²) in [6, 6.07) is 6.83. The first kappa shape index (κ1) is 25.3. The number of carbonyl (C=O) groups is 1. The molecule has 1 atom stereocenters. The van der Waals surface area contributed by atoms with Gasteiger partial charge in [-0.05, 0) is 38.5 Å². The van der Waals surface area contributed by atoms with Gasteiger partial charge in [0.2, 0.25) is 5.71 Å². The molecule has 0 aliphatic carbocycles. The quantitative estimate of drug-likeness (QED) is 0.190. The molecule has 9 nitrogen and oxygen atoms in total. The van der Waals surface area contributed by atoms with Gasteiger partial charge in [-0.3, -0.25) is 4.57 Å². The number of anilines is 1. The number of oxime groups is 1. The van der Waals surface area contributed by atoms with Gasteiger partial charge in [-0.1, -0.05) is 28.9 Å². The van der Waals surface area contributed by atoms with Gasteiger partial charge in [0.1, 0.15) is 12.8 Å². The maximum atomic E-state index is 13.6. The maximum Gasteiger partial charge on any atom is 0.362 e. The lowest BCUT2D eigenvalue weighted by atomic mass is 10.2. The average Bonchev–Trinajstić information content (AvgIpc) is 3.20. The normalized spacial score (nSPS) is 13.0. The minimum Gasteiger partial charge on any atom is -0.461 e. The molecule has 1 aromatic heterocycles. The average molecular weight is 490 g/mol. The van der Waals surface area contributed by atoms with Gasteiger partial charge in [0, 0.05) is 10.4 Å². The topological polar surface area (TPSA) is 108 Å². The van der Waals surface area contributed by atoms with E-state index in [9.17, 15) is 9.36 Å². The number of aromatic nitrogens is 1. The zero-order chi connectivity index (χ0) is 22.9. The Labute approximate surface area is 190 Å². The van der Waals surface area contributed by atoms with E-state index in [1.165, 1.54) is 18.4 Å². The highest BCUT2D eigenvalue weighted by Crippen LogP contribution is 2.60. The van der Waals surface area contributed by atoms with Crippen LogP contribution in [0.25, 0.3) is 0 Å². The molecule has 170 valence electrons. The van der Waals surface area contributed by atoms with Crippen molar-refractivity contribution in [3.05, 3.63) is 45.9 Å². The van der Waals surface area contributed by atoms with Crippen LogP contribution in [0.2, 0.25) is 5.02 Å². The molecule has 0 aliphatic heterocycles. The van der Waals surface area contributed by atoms with Crippen LogP contribution < -0.4 is 5.32 Å². The fourth-order valence-electron chi connectivity index (χ4n) is 2.58. The zero-order valence-electron chi connectivity index (χ0n) is 17.7. The Morgan fingerprint density at radius 1 is 1.19 bits per heavy atom. The molecular weight excluding hydrogens is 465 g/mol. The number of rotatable bonds is 12. The fourth-order valence-corrected chi connectivity index (χ4v) is 5.43. The van der Waals surface area contributed by atoms with Gasteiger partial charge < -0.3 is 23.9 Å². The van der Waals surface area contributed by atoms with Gasteiger partial charge in [0.05, 0.1) is 19.8 Å². The van der Waals surface area contributed by atoms with Crippen LogP contribution in [0.5, 0.6) is 0 Å². The van der Waals surface area contributed by atoms with Crippen LogP contribution in [-0.4, -0.2) is 43.6 Å². The summed E-state index contributed by atoms with van der Waals surface area (Å²) in [5, 5.41) is 9.37. The highest BCUT2D eigenvalue weighted by Gasteiger charge is 2.38. The second-order valence-corrected chi connectivity index (χ2v) is 9.26. The molecule has 0 spiro atoms. The molecule has 2 aromatic rings. The number of thiazole rings is 1. The fraction of sp³-hybridized carbons (Fsp3) is 0.421. The smallest absolute Gasteiger partial charge is 0.362 e. The molecule has 0 amide bonds. The molecule has 0 saturated heterocycles. The monoisotopic (exact) mass is 489 g/mol. The van der Waals surface area contributed by atoms with Crippen molar-refractivity contribution in [3.63, 3.8) is 0 Å². The van der Waals surface area contributed by atoms with Gasteiger partial charge in [-0.2, -0.15) is 0 Å². The first-order valence-electron chi connectivity index (χ1n) is 9.53. The molecule has 31 heavy (non-hydrogen) atoms. The molecule has 1 heterocycles. The van der Waals surface area contributed by atoms with Gasteiger partial charge in [-0.25, -0.2) is 9.78 Å². The third kappa shape index (κ3) is 6.75. The summed E-state index contributed by atoms with van der Waals surface area (Å²) in [6.45, 7) is 5.73. The molecule has 0 fully saturated rings. The predicted octanol–water partition coefficient (Wildman–Crippen LogP) is 5.09. The summed E-state index contributed by atoms with van der Waals surface area (Å²) in [5.74, 6) is -1.51. The van der Waals surface area contributed by atoms with Crippen molar-refractivity contribution >= 4 is 47.3 Å². The van der Waals surface area contributed by atoms with E-state index in [1.807, 2.05) is 0 Å². The summed E-state index contributed by atoms with van der Waals surface area (Å²) in [4.78, 5) is 21.3. The lowest BCUT2D eigenvalue weighted by Crippen LogP contribution is -2.20. The molecule has 12 heteroatoms. The van der Waals surface area contributed by atoms with E-state index < -0.39 is 19.3 Å². The first-order chi connectivity index (χ1) is 14.9. The first-order valence-corrected chi connectivity index (χ1v) is 12.4. The van der Waals surface area contributed by atoms with Crippen molar-refractivity contribution in [1.29, 1.82) is 0 Å². The van der Waals surface area contributed by atoms with Crippen molar-refractivity contribution in [2.45, 2.75) is 26.6 Å². The van der Waals surface area contributed by atoms with E-state index in [0.717, 1.165) is 0 Å². The minimum absolute atomic E-state index is 0.0745. The van der Waals surface area contributed by atoms with E-state index in [2.05, 4.69) is 15.5 Å². The summed E-state index contributed by atoms with van der Waals surface area (Å²) in [6.07, 6.45) is 0. The number of hydrogen-bond acceptors (Lipinski definition) is 10. The number of hydrogen-bond donors (Lipinski definition) is 1. The zero-order valence-corrected chi connectivity index (χ0v) is 20.1. The summed E-state index contributed by atoms with van der Waals surface area (Å²) in [7, 11) is -2.30. The predicted molar refractivity (Wildman–Crippen MR) is 121 cm³/mol. The lowest BCUT2D eigenvalue weighted by molar-refractivity contribution is -0.135. The molecule has 1 aromatic carbocycles. The van der Waals surface area contributed by atoms with Crippen LogP contribution in [0.4, 0.5) is 5.13 Å². The van der Waals surface area contributed by atoms with Crippen LogP contribution in [0.1, 0.15) is 37.8 Å². The minimum atomic E-state index is -3.62. The van der Waals surface area contributed by atoms with Gasteiger partial charge in [0.25, 0.3) is 0 Å². The molecule has 1 N–H and O–H groups in total. The van der Waals surface area contributed by atoms with Crippen molar-refractivity contribution in [1.82, 2.24) is 4.98 Å². The largest absolute Gasteiger partial charge is 0.461 e. The Hall–Kier alpha value is -1.97. The SMILES string of the molecule is CCOC(=O)/C(=N/OC)c1csc(NC(c2ccc(Cl)cc2)P(=O)(OCC)OCC)n1. The molecular formula is C19H25ClN3O6PS. The Morgan fingerprint density at radius 3 is 2.39 bits per heavy atom. The standard InChI is InChI=1S/C19H25ClN3O6PS/c1-5-27-18(24)16(23-26-4)15-12-31-19(21-15)22-17(13-8-10-14(20)11-9-13)30(25,28-6-2)29-7-3/h8-12,17H,5-7H2,1-4H3,(H,21,22)/b23-16+. The van der Waals surface area contributed by atoms with Crippen molar-refractivity contribution in [3.8, 4) is 0 Å². The molecule has 1 unspecified atom stereocenters. The highest BCUT2D eigenvalue weighted by atomic mass is 35.5. The molecule has 0 radical (unpaired) electrons. The maximum absolute atomic E-state index is 13.6. The van der Waals surface area contributed by atoms with E-state index in [-0.39, 0.29) is 31.2 Å². The van der Waals surface area contributed by atoms with Crippen LogP contribution in [0, 0.1) is 0 Å². The van der Waals surface area contributed by atoms with Gasteiger partial charge in [0.15, 0.2) is 10.9 Å². The second kappa shape index (κ2) is 12.2. The number of nitrogens with one attached hydrogen (secondary N) is 1. The van der Waals surface area contributed by atoms with Crippen molar-refractivity contribution < 1.29 is 28.0 Å². The number of halogens is 1. The highest BCUT2D eigenvalue weighted by molar-refractivity contribution is 7.54. The third-order valence-corrected chi connectivity index (χ3v) is 7.10. The molecule has 0 bridgehead atoms. The second-order valence-electron chi connectivity index (χ2n) is 5.85. The van der Waals surface area contributed by atoms with E-state index in [0.29, 0.717) is 15.7 Å². The van der Waals surface area contributed by atoms with Gasteiger partial charge in [-0.15, -0.1) is 11.3 Å². The number of esters is 1. The van der Waals surface area contributed by atoms with Crippen molar-refractivity contribution in [2.24, 2.45) is 5.16 Å². The van der Waals surface area contributed by atoms with Crippen LogP contribution >= 0.6 is 30.5 Å². The Kier molecular flexibility index (Phi) is 9.93. The van der Waals surface area contributed by atoms with Crippen molar-refractivity contribution in [2.75, 3.05) is 32.2 Å². The summed E-state index contributed by atoms with van der Waals surface area (Å²) < 4.78 is 29.7. The van der Waals surface area contributed by atoms with Crippen LogP contribution in [0.3, 0.4) is 0 Å². The Morgan fingerprint density at radius 2 is 1.84 bits per heavy atom. The van der Waals surface area contributed by atoms with Gasteiger partial charge >= 0.3 is 13.6 Å². The Balaban J connectivity index is 2.41. The number of carbonyl (C=O) groups excluding carboxylic acids is 1. The van der Waals surface area contributed by atoms with E-state index >= 15 is 0 Å². The van der Waals surface area contributed by atoms with Crippen LogP contribution in [-0.2, 0) is 28.0 Å². The Bertz CT molecular complexity index is 927. The number of benzene rings is 1. The molecule has 2 rings (SSSR count).